The first-order valence-corrected chi connectivity index (χ1v) is 13.8. The lowest BCUT2D eigenvalue weighted by molar-refractivity contribution is 0.0211. The highest BCUT2D eigenvalue weighted by Gasteiger charge is 2.59. The molecule has 7 heteroatoms. The minimum absolute atomic E-state index is 0.0373. The molecule has 2 aliphatic rings. The van der Waals surface area contributed by atoms with Crippen molar-refractivity contribution in [3.05, 3.63) is 40.8 Å². The molecule has 1 aliphatic heterocycles. The van der Waals surface area contributed by atoms with Crippen molar-refractivity contribution in [2.45, 2.75) is 82.8 Å². The second-order valence-corrected chi connectivity index (χ2v) is 12.5. The molecular formula is C27H39N3O3S. The molecular weight excluding hydrogens is 446 g/mol. The Kier molecular flexibility index (Phi) is 7.25. The lowest BCUT2D eigenvalue weighted by Gasteiger charge is -2.39. The molecule has 1 saturated carbocycles. The van der Waals surface area contributed by atoms with Crippen molar-refractivity contribution < 1.29 is 9.53 Å². The quantitative estimate of drug-likeness (QED) is 0.545. The minimum Gasteiger partial charge on any atom is -0.444 e. The van der Waals surface area contributed by atoms with E-state index in [-0.39, 0.29) is 27.9 Å². The molecule has 1 N–H and O–H groups in total. The monoisotopic (exact) mass is 485 g/mol. The van der Waals surface area contributed by atoms with Crippen LogP contribution in [-0.4, -0.2) is 56.4 Å². The van der Waals surface area contributed by atoms with E-state index in [1.54, 1.807) is 6.20 Å². The fraction of sp³-hybridized carbons (Fsp3) is 0.593. The van der Waals surface area contributed by atoms with Gasteiger partial charge in [-0.2, -0.15) is 0 Å². The highest BCUT2D eigenvalue weighted by Crippen LogP contribution is 2.58. The van der Waals surface area contributed by atoms with Crippen molar-refractivity contribution >= 4 is 32.9 Å². The van der Waals surface area contributed by atoms with Crippen molar-refractivity contribution in [2.24, 2.45) is 5.92 Å². The Morgan fingerprint density at radius 1 is 1.26 bits per heavy atom. The molecule has 0 radical (unpaired) electrons. The Hall–Kier alpha value is -2.12. The van der Waals surface area contributed by atoms with Gasteiger partial charge in [0.2, 0.25) is 0 Å². The number of H-pyrrole nitrogens is 1. The summed E-state index contributed by atoms with van der Waals surface area (Å²) < 4.78 is 8.43. The van der Waals surface area contributed by atoms with Crippen LogP contribution in [0.3, 0.4) is 0 Å². The smallest absolute Gasteiger partial charge is 0.410 e. The van der Waals surface area contributed by atoms with Crippen LogP contribution in [0.4, 0.5) is 4.79 Å². The minimum atomic E-state index is -0.482. The number of hydrogen-bond donors (Lipinski definition) is 1. The van der Waals surface area contributed by atoms with Crippen LogP contribution in [-0.2, 0) is 4.74 Å². The van der Waals surface area contributed by atoms with Crippen LogP contribution in [0.25, 0.3) is 10.8 Å². The first-order valence-electron chi connectivity index (χ1n) is 12.6. The number of benzene rings is 1. The number of pyridine rings is 1. The average Bonchev–Trinajstić information content (AvgIpc) is 3.46. The number of nitrogens with one attached hydrogen (secondary N) is 1. The summed E-state index contributed by atoms with van der Waals surface area (Å²) in [6.45, 7) is 12.6. The van der Waals surface area contributed by atoms with Crippen molar-refractivity contribution in [3.63, 3.8) is 0 Å². The number of aromatic nitrogens is 1. The molecule has 2 heterocycles. The molecule has 1 aromatic carbocycles. The predicted molar refractivity (Wildman–Crippen MR) is 142 cm³/mol. The van der Waals surface area contributed by atoms with Gasteiger partial charge in [0.1, 0.15) is 5.60 Å². The molecule has 2 unspecified atom stereocenters. The SMILES string of the molecule is C/C=S(/c1cccc2c(=O)[nH]ccc12)N1CCCN(C(=O)OC(C)(C)C)CC2C[C@]21CCCC. The van der Waals surface area contributed by atoms with Gasteiger partial charge in [0.15, 0.2) is 0 Å². The van der Waals surface area contributed by atoms with Crippen molar-refractivity contribution in [3.8, 4) is 0 Å². The number of hydrogen-bond acceptors (Lipinski definition) is 4. The van der Waals surface area contributed by atoms with Gasteiger partial charge in [-0.1, -0.05) is 36.5 Å². The van der Waals surface area contributed by atoms with Crippen molar-refractivity contribution in [1.82, 2.24) is 14.2 Å². The summed E-state index contributed by atoms with van der Waals surface area (Å²) in [6, 6.07) is 8.14. The summed E-state index contributed by atoms with van der Waals surface area (Å²) in [5.74, 6) is 0.445. The highest BCUT2D eigenvalue weighted by molar-refractivity contribution is 8.13. The maximum atomic E-state index is 12.9. The van der Waals surface area contributed by atoms with Crippen LogP contribution >= 0.6 is 10.7 Å². The summed E-state index contributed by atoms with van der Waals surface area (Å²) in [5.41, 5.74) is -0.426. The molecule has 1 aromatic heterocycles. The lowest BCUT2D eigenvalue weighted by Crippen LogP contribution is -2.45. The maximum absolute atomic E-state index is 12.9. The number of fused-ring (bicyclic) bond motifs is 2. The number of amides is 1. The molecule has 2 aromatic rings. The van der Waals surface area contributed by atoms with Crippen LogP contribution in [0.15, 0.2) is 40.2 Å². The van der Waals surface area contributed by atoms with Gasteiger partial charge in [-0.25, -0.2) is 9.10 Å². The summed E-state index contributed by atoms with van der Waals surface area (Å²) >= 11 is 0. The van der Waals surface area contributed by atoms with Crippen LogP contribution in [0.2, 0.25) is 0 Å². The molecule has 6 nitrogen and oxygen atoms in total. The Bertz CT molecular complexity index is 1140. The van der Waals surface area contributed by atoms with E-state index >= 15 is 0 Å². The topological polar surface area (TPSA) is 65.6 Å². The van der Waals surface area contributed by atoms with E-state index in [0.717, 1.165) is 49.5 Å². The largest absolute Gasteiger partial charge is 0.444 e. The first kappa shape index (κ1) is 25.0. The van der Waals surface area contributed by atoms with Gasteiger partial charge in [0, 0.05) is 47.0 Å². The second-order valence-electron chi connectivity index (χ2n) is 10.6. The van der Waals surface area contributed by atoms with E-state index in [0.29, 0.717) is 12.5 Å². The number of carbonyl (C=O) groups excluding carboxylic acids is 1. The molecule has 3 atom stereocenters. The molecule has 1 aliphatic carbocycles. The normalized spacial score (nSPS) is 24.4. The molecule has 0 spiro atoms. The maximum Gasteiger partial charge on any atom is 0.410 e. The third-order valence-corrected chi connectivity index (χ3v) is 9.28. The van der Waals surface area contributed by atoms with Crippen LogP contribution in [0.1, 0.15) is 66.7 Å². The number of ether oxygens (including phenoxy) is 1. The van der Waals surface area contributed by atoms with Crippen molar-refractivity contribution in [1.29, 1.82) is 0 Å². The average molecular weight is 486 g/mol. The Morgan fingerprint density at radius 3 is 2.76 bits per heavy atom. The van der Waals surface area contributed by atoms with Gasteiger partial charge in [-0.05, 0) is 76.4 Å². The van der Waals surface area contributed by atoms with Crippen LogP contribution in [0.5, 0.6) is 0 Å². The van der Waals surface area contributed by atoms with Gasteiger partial charge >= 0.3 is 6.09 Å². The Labute approximate surface area is 205 Å². The molecule has 34 heavy (non-hydrogen) atoms. The van der Waals surface area contributed by atoms with Gasteiger partial charge < -0.3 is 14.6 Å². The molecule has 2 fully saturated rings. The Morgan fingerprint density at radius 2 is 2.06 bits per heavy atom. The van der Waals surface area contributed by atoms with Gasteiger partial charge in [0.25, 0.3) is 5.56 Å². The van der Waals surface area contributed by atoms with E-state index in [2.05, 4.69) is 34.6 Å². The zero-order valence-electron chi connectivity index (χ0n) is 21.2. The van der Waals surface area contributed by atoms with E-state index in [9.17, 15) is 9.59 Å². The first-order chi connectivity index (χ1) is 16.2. The van der Waals surface area contributed by atoms with E-state index < -0.39 is 5.60 Å². The van der Waals surface area contributed by atoms with E-state index in [1.807, 2.05) is 43.9 Å². The van der Waals surface area contributed by atoms with E-state index in [1.165, 1.54) is 11.3 Å². The van der Waals surface area contributed by atoms with E-state index in [4.69, 9.17) is 4.74 Å². The zero-order chi connectivity index (χ0) is 24.5. The number of carbonyl (C=O) groups is 1. The van der Waals surface area contributed by atoms with Gasteiger partial charge in [-0.3, -0.25) is 4.79 Å². The molecule has 1 saturated heterocycles. The summed E-state index contributed by atoms with van der Waals surface area (Å²) in [6.07, 6.45) is 7.05. The number of nitrogens with zero attached hydrogens (tertiary/aromatic N) is 2. The Balaban J connectivity index is 1.68. The fourth-order valence-corrected chi connectivity index (χ4v) is 7.74. The number of unbranched alkanes of at least 4 members (excludes halogenated alkanes) is 1. The van der Waals surface area contributed by atoms with Crippen LogP contribution < -0.4 is 5.56 Å². The third kappa shape index (κ3) is 4.96. The van der Waals surface area contributed by atoms with Gasteiger partial charge in [-0.15, -0.1) is 0 Å². The predicted octanol–water partition coefficient (Wildman–Crippen LogP) is 5.78. The molecule has 186 valence electrons. The van der Waals surface area contributed by atoms with Crippen molar-refractivity contribution in [2.75, 3.05) is 19.6 Å². The zero-order valence-corrected chi connectivity index (χ0v) is 22.0. The molecule has 0 bridgehead atoms. The standard InChI is InChI=1S/C27H39N3O3S/c1-6-8-14-27-18-20(27)19-29(25(32)33-26(3,4)5)16-10-17-30(27)34(7-2)23-12-9-11-22-21(23)13-15-28-24(22)31/h7,9,11-13,15,20H,6,8,10,14,16-19H2,1-5H3,(H,28,31)/t20?,27-,34?/m1/s1. The van der Waals surface area contributed by atoms with Crippen LogP contribution in [0, 0.1) is 5.92 Å². The summed E-state index contributed by atoms with van der Waals surface area (Å²) in [5, 5.41) is 4.09. The highest BCUT2D eigenvalue weighted by atomic mass is 32.2. The fourth-order valence-electron chi connectivity index (χ4n) is 5.34. The number of rotatable bonds is 5. The second kappa shape index (κ2) is 9.86. The third-order valence-electron chi connectivity index (χ3n) is 7.00. The summed E-state index contributed by atoms with van der Waals surface area (Å²) in [4.78, 5) is 31.3. The lowest BCUT2D eigenvalue weighted by atomic mass is 10.0. The van der Waals surface area contributed by atoms with Gasteiger partial charge in [0.05, 0.1) is 0 Å². The number of aromatic amines is 1. The summed E-state index contributed by atoms with van der Waals surface area (Å²) in [7, 11) is -0.231. The molecule has 1 amide bonds. The molecule has 4 rings (SSSR count).